The van der Waals surface area contributed by atoms with Gasteiger partial charge in [0.25, 0.3) is 5.91 Å². The van der Waals surface area contributed by atoms with Crippen molar-refractivity contribution >= 4 is 28.0 Å². The molecular formula is C17H21NO3S2. The maximum atomic E-state index is 11.8. The molecule has 2 rings (SSSR count). The Kier molecular flexibility index (Phi) is 6.10. The topological polar surface area (TPSA) is 66.4 Å². The molecule has 0 bridgehead atoms. The molecule has 0 fully saturated rings. The van der Waals surface area contributed by atoms with Crippen molar-refractivity contribution in [3.05, 3.63) is 47.3 Å². The van der Waals surface area contributed by atoms with E-state index in [1.54, 1.807) is 23.7 Å². The number of aryl methyl sites for hydroxylation is 1. The zero-order valence-corrected chi connectivity index (χ0v) is 14.9. The van der Waals surface area contributed by atoms with E-state index in [-0.39, 0.29) is 0 Å². The fourth-order valence-electron chi connectivity index (χ4n) is 2.41. The molecule has 2 unspecified atom stereocenters. The average molecular weight is 351 g/mol. The highest BCUT2D eigenvalue weighted by atomic mass is 32.2. The molecule has 124 valence electrons. The number of amides is 1. The summed E-state index contributed by atoms with van der Waals surface area (Å²) < 4.78 is 10.8. The number of benzene rings is 1. The molecule has 4 nitrogen and oxygen atoms in total. The van der Waals surface area contributed by atoms with Crippen molar-refractivity contribution in [2.24, 2.45) is 0 Å². The molecule has 0 saturated heterocycles. The van der Waals surface area contributed by atoms with E-state index in [2.05, 4.69) is 35.7 Å². The van der Waals surface area contributed by atoms with Gasteiger partial charge in [0.1, 0.15) is 4.75 Å². The number of carbonyl (C=O) groups excluding carboxylic acids is 1. The quantitative estimate of drug-likeness (QED) is 0.594. The van der Waals surface area contributed by atoms with Gasteiger partial charge < -0.3 is 0 Å². The molecule has 2 atom stereocenters. The number of hydroxylamine groups is 1. The van der Waals surface area contributed by atoms with Gasteiger partial charge in [-0.15, -0.1) is 11.3 Å². The lowest BCUT2D eigenvalue weighted by Gasteiger charge is -2.24. The summed E-state index contributed by atoms with van der Waals surface area (Å²) in [6.07, 6.45) is 3.47. The van der Waals surface area contributed by atoms with Gasteiger partial charge in [0, 0.05) is 21.9 Å². The molecule has 0 aliphatic rings. The van der Waals surface area contributed by atoms with Gasteiger partial charge in [-0.05, 0) is 48.8 Å². The van der Waals surface area contributed by atoms with E-state index in [0.717, 1.165) is 12.8 Å². The van der Waals surface area contributed by atoms with Crippen LogP contribution in [-0.4, -0.2) is 26.3 Å². The average Bonchev–Trinajstić information content (AvgIpc) is 3.08. The highest BCUT2D eigenvalue weighted by molar-refractivity contribution is 7.86. The molecule has 0 aliphatic carbocycles. The maximum Gasteiger partial charge on any atom is 0.261 e. The molecule has 6 heteroatoms. The van der Waals surface area contributed by atoms with E-state index >= 15 is 0 Å². The van der Waals surface area contributed by atoms with Crippen molar-refractivity contribution < 1.29 is 14.2 Å². The molecule has 2 aromatic rings. The van der Waals surface area contributed by atoms with Crippen LogP contribution in [-0.2, 0) is 22.0 Å². The largest absolute Gasteiger partial charge is 0.289 e. The van der Waals surface area contributed by atoms with Crippen LogP contribution in [0.3, 0.4) is 0 Å². The van der Waals surface area contributed by atoms with Crippen molar-refractivity contribution in [3.8, 4) is 10.4 Å². The highest BCUT2D eigenvalue weighted by Gasteiger charge is 2.36. The van der Waals surface area contributed by atoms with Crippen LogP contribution < -0.4 is 5.48 Å². The minimum Gasteiger partial charge on any atom is -0.289 e. The lowest BCUT2D eigenvalue weighted by atomic mass is 9.99. The predicted octanol–water partition coefficient (Wildman–Crippen LogP) is 3.38. The summed E-state index contributed by atoms with van der Waals surface area (Å²) >= 11 is 1.71. The Balaban J connectivity index is 1.95. The summed E-state index contributed by atoms with van der Waals surface area (Å²) in [6, 6.07) is 12.5. The maximum absolute atomic E-state index is 11.8. The Morgan fingerprint density at radius 1 is 1.30 bits per heavy atom. The molecule has 2 N–H and O–H groups in total. The fourth-order valence-corrected chi connectivity index (χ4v) is 3.89. The fraction of sp³-hybridized carbons (Fsp3) is 0.353. The molecule has 0 radical (unpaired) electrons. The third kappa shape index (κ3) is 4.28. The zero-order chi connectivity index (χ0) is 16.9. The highest BCUT2D eigenvalue weighted by Crippen LogP contribution is 2.26. The summed E-state index contributed by atoms with van der Waals surface area (Å²) in [4.78, 5) is 13.0. The van der Waals surface area contributed by atoms with Gasteiger partial charge >= 0.3 is 0 Å². The SMILES string of the molecule is CS(=O)C(C)(CCCc1ccc(-c2cccs2)cc1)C(=O)NO. The summed E-state index contributed by atoms with van der Waals surface area (Å²) in [5, 5.41) is 10.9. The standard InChI is InChI=1S/C17H21NO3S2/c1-17(23(2)21,16(19)18-20)11-3-5-13-7-9-14(10-8-13)15-6-4-12-22-15/h4,6-10,12,20H,3,5,11H2,1-2H3,(H,18,19). The lowest BCUT2D eigenvalue weighted by molar-refractivity contribution is -0.131. The van der Waals surface area contributed by atoms with E-state index in [9.17, 15) is 9.00 Å². The van der Waals surface area contributed by atoms with Crippen LogP contribution in [0.4, 0.5) is 0 Å². The Morgan fingerprint density at radius 2 is 2.00 bits per heavy atom. The van der Waals surface area contributed by atoms with Crippen LogP contribution in [0, 0.1) is 0 Å². The first-order valence-corrected chi connectivity index (χ1v) is 9.82. The first-order chi connectivity index (χ1) is 11.0. The molecule has 1 aromatic carbocycles. The second-order valence-electron chi connectivity index (χ2n) is 5.65. The van der Waals surface area contributed by atoms with E-state index in [1.807, 2.05) is 6.07 Å². The molecule has 0 saturated carbocycles. The van der Waals surface area contributed by atoms with Crippen molar-refractivity contribution in [2.75, 3.05) is 6.26 Å². The van der Waals surface area contributed by atoms with Gasteiger partial charge in [0.05, 0.1) is 0 Å². The molecule has 1 aromatic heterocycles. The van der Waals surface area contributed by atoms with Crippen molar-refractivity contribution in [3.63, 3.8) is 0 Å². The molecular weight excluding hydrogens is 330 g/mol. The summed E-state index contributed by atoms with van der Waals surface area (Å²) in [7, 11) is -1.35. The van der Waals surface area contributed by atoms with Gasteiger partial charge in [-0.3, -0.25) is 14.2 Å². The summed E-state index contributed by atoms with van der Waals surface area (Å²) in [5.74, 6) is -0.591. The molecule has 23 heavy (non-hydrogen) atoms. The Morgan fingerprint density at radius 3 is 2.52 bits per heavy atom. The second kappa shape index (κ2) is 7.86. The normalized spacial score (nSPS) is 14.9. The van der Waals surface area contributed by atoms with Crippen molar-refractivity contribution in [1.82, 2.24) is 5.48 Å². The van der Waals surface area contributed by atoms with Gasteiger partial charge in [0.15, 0.2) is 0 Å². The van der Waals surface area contributed by atoms with Crippen LogP contribution >= 0.6 is 11.3 Å². The Bertz CT molecular complexity index is 668. The third-order valence-corrected chi connectivity index (χ3v) is 6.67. The molecule has 1 amide bonds. The smallest absolute Gasteiger partial charge is 0.261 e. The number of thiophene rings is 1. The van der Waals surface area contributed by atoms with Gasteiger partial charge in [0.2, 0.25) is 0 Å². The van der Waals surface area contributed by atoms with E-state index in [1.165, 1.54) is 22.3 Å². The number of hydrogen-bond donors (Lipinski definition) is 2. The number of carbonyl (C=O) groups is 1. The summed E-state index contributed by atoms with van der Waals surface area (Å²) in [5.41, 5.74) is 4.00. The van der Waals surface area contributed by atoms with Crippen LogP contribution in [0.1, 0.15) is 25.3 Å². The zero-order valence-electron chi connectivity index (χ0n) is 13.2. The first kappa shape index (κ1) is 17.8. The van der Waals surface area contributed by atoms with E-state index in [0.29, 0.717) is 6.42 Å². The number of rotatable bonds is 7. The van der Waals surface area contributed by atoms with Crippen LogP contribution in [0.15, 0.2) is 41.8 Å². The molecule has 0 aliphatic heterocycles. The number of nitrogens with one attached hydrogen (secondary N) is 1. The van der Waals surface area contributed by atoms with Crippen molar-refractivity contribution in [1.29, 1.82) is 0 Å². The second-order valence-corrected chi connectivity index (χ2v) is 8.41. The van der Waals surface area contributed by atoms with Crippen LogP contribution in [0.5, 0.6) is 0 Å². The monoisotopic (exact) mass is 351 g/mol. The summed E-state index contributed by atoms with van der Waals surface area (Å²) in [6.45, 7) is 1.62. The van der Waals surface area contributed by atoms with E-state index in [4.69, 9.17) is 5.21 Å². The van der Waals surface area contributed by atoms with Crippen molar-refractivity contribution in [2.45, 2.75) is 30.9 Å². The lowest BCUT2D eigenvalue weighted by Crippen LogP contribution is -2.46. The Hall–Kier alpha value is -1.50. The van der Waals surface area contributed by atoms with Gasteiger partial charge in [-0.25, -0.2) is 5.48 Å². The van der Waals surface area contributed by atoms with Gasteiger partial charge in [-0.2, -0.15) is 0 Å². The van der Waals surface area contributed by atoms with Crippen LogP contribution in [0.2, 0.25) is 0 Å². The van der Waals surface area contributed by atoms with E-state index < -0.39 is 21.5 Å². The van der Waals surface area contributed by atoms with Gasteiger partial charge in [-0.1, -0.05) is 30.3 Å². The molecule has 0 spiro atoms. The first-order valence-electron chi connectivity index (χ1n) is 7.38. The van der Waals surface area contributed by atoms with Crippen LogP contribution in [0.25, 0.3) is 10.4 Å². The predicted molar refractivity (Wildman–Crippen MR) is 95.1 cm³/mol. The number of hydrogen-bond acceptors (Lipinski definition) is 4. The Labute approximate surface area is 143 Å². The minimum absolute atomic E-state index is 0.454. The minimum atomic E-state index is -1.35. The third-order valence-electron chi connectivity index (χ3n) is 4.10. The molecule has 1 heterocycles.